The Balaban J connectivity index is 1.67. The molecule has 4 nitrogen and oxygen atoms in total. The zero-order valence-corrected chi connectivity index (χ0v) is 12.0. The summed E-state index contributed by atoms with van der Waals surface area (Å²) < 4.78 is 4.95. The number of hydrogen-bond acceptors (Lipinski definition) is 4. The van der Waals surface area contributed by atoms with Gasteiger partial charge in [-0.25, -0.2) is 0 Å². The van der Waals surface area contributed by atoms with E-state index in [1.807, 2.05) is 0 Å². The van der Waals surface area contributed by atoms with Crippen molar-refractivity contribution in [2.75, 3.05) is 13.1 Å². The van der Waals surface area contributed by atoms with E-state index in [0.29, 0.717) is 12.3 Å². The molecule has 4 heteroatoms. The summed E-state index contributed by atoms with van der Waals surface area (Å²) in [4.78, 5) is 10.8. The average molecular weight is 277 g/mol. The van der Waals surface area contributed by atoms with E-state index in [4.69, 9.17) is 4.74 Å². The largest absolute Gasteiger partial charge is 0.427 e. The summed E-state index contributed by atoms with van der Waals surface area (Å²) in [7, 11) is 0. The van der Waals surface area contributed by atoms with Gasteiger partial charge in [0, 0.05) is 13.5 Å². The highest BCUT2D eigenvalue weighted by molar-refractivity contribution is 5.69. The maximum atomic E-state index is 10.8. The lowest BCUT2D eigenvalue weighted by atomic mass is 10.1. The van der Waals surface area contributed by atoms with Crippen LogP contribution in [-0.2, 0) is 4.79 Å². The van der Waals surface area contributed by atoms with E-state index in [1.54, 1.807) is 24.3 Å². The van der Waals surface area contributed by atoms with Gasteiger partial charge in [0.2, 0.25) is 0 Å². The molecule has 0 saturated heterocycles. The Morgan fingerprint density at radius 1 is 1.40 bits per heavy atom. The predicted molar refractivity (Wildman–Crippen MR) is 77.5 cm³/mol. The van der Waals surface area contributed by atoms with Crippen LogP contribution in [0.2, 0.25) is 0 Å². The zero-order valence-electron chi connectivity index (χ0n) is 12.0. The molecular formula is C16H23NO3. The average Bonchev–Trinajstić information content (AvgIpc) is 3.22. The van der Waals surface area contributed by atoms with Gasteiger partial charge in [-0.2, -0.15) is 0 Å². The number of hydrogen-bond donors (Lipinski definition) is 2. The normalized spacial score (nSPS) is 15.9. The van der Waals surface area contributed by atoms with Gasteiger partial charge in [-0.05, 0) is 43.0 Å². The highest BCUT2D eigenvalue weighted by Crippen LogP contribution is 2.33. The van der Waals surface area contributed by atoms with Crippen molar-refractivity contribution in [3.8, 4) is 5.75 Å². The Kier molecular flexibility index (Phi) is 5.56. The minimum Gasteiger partial charge on any atom is -0.427 e. The van der Waals surface area contributed by atoms with E-state index >= 15 is 0 Å². The quantitative estimate of drug-likeness (QED) is 0.435. The molecule has 2 rings (SSSR count). The Morgan fingerprint density at radius 2 is 2.10 bits per heavy atom. The zero-order chi connectivity index (χ0) is 14.4. The fraction of sp³-hybridized carbons (Fsp3) is 0.562. The van der Waals surface area contributed by atoms with Gasteiger partial charge in [0.1, 0.15) is 5.75 Å². The molecule has 1 aliphatic rings. The van der Waals surface area contributed by atoms with Crippen LogP contribution in [0, 0.1) is 5.92 Å². The molecule has 0 radical (unpaired) electrons. The van der Waals surface area contributed by atoms with E-state index in [0.717, 1.165) is 18.0 Å². The number of ether oxygens (including phenoxy) is 1. The lowest BCUT2D eigenvalue weighted by molar-refractivity contribution is -0.131. The van der Waals surface area contributed by atoms with Crippen molar-refractivity contribution in [1.29, 1.82) is 0 Å². The lowest BCUT2D eigenvalue weighted by Crippen LogP contribution is -2.22. The number of esters is 1. The summed E-state index contributed by atoms with van der Waals surface area (Å²) in [6.45, 7) is 2.88. The van der Waals surface area contributed by atoms with Gasteiger partial charge in [0.25, 0.3) is 0 Å². The standard InChI is InChI=1S/C16H23NO3/c1-12(18)20-15-8-6-14(7-9-15)16(19)11-17-10-2-3-13-4-5-13/h6-9,13,16-17,19H,2-5,10-11H2,1H3. The van der Waals surface area contributed by atoms with Crippen molar-refractivity contribution < 1.29 is 14.6 Å². The summed E-state index contributed by atoms with van der Waals surface area (Å²) in [5, 5.41) is 13.3. The molecular weight excluding hydrogens is 254 g/mol. The third-order valence-electron chi connectivity index (χ3n) is 3.53. The number of benzene rings is 1. The molecule has 20 heavy (non-hydrogen) atoms. The van der Waals surface area contributed by atoms with Gasteiger partial charge in [-0.1, -0.05) is 25.0 Å². The predicted octanol–water partition coefficient (Wildman–Crippen LogP) is 2.43. The highest BCUT2D eigenvalue weighted by atomic mass is 16.5. The van der Waals surface area contributed by atoms with E-state index in [2.05, 4.69) is 5.32 Å². The van der Waals surface area contributed by atoms with Crippen LogP contribution in [-0.4, -0.2) is 24.2 Å². The smallest absolute Gasteiger partial charge is 0.308 e. The van der Waals surface area contributed by atoms with Crippen LogP contribution in [0.15, 0.2) is 24.3 Å². The van der Waals surface area contributed by atoms with Crippen molar-refractivity contribution in [3.05, 3.63) is 29.8 Å². The summed E-state index contributed by atoms with van der Waals surface area (Å²) in [6.07, 6.45) is 4.76. The van der Waals surface area contributed by atoms with Gasteiger partial charge < -0.3 is 15.2 Å². The molecule has 0 spiro atoms. The maximum absolute atomic E-state index is 10.8. The number of rotatable bonds is 8. The molecule has 1 atom stereocenters. The van der Waals surface area contributed by atoms with E-state index in [9.17, 15) is 9.90 Å². The van der Waals surface area contributed by atoms with Gasteiger partial charge in [-0.3, -0.25) is 4.79 Å². The minimum atomic E-state index is -0.526. The Labute approximate surface area is 120 Å². The number of carbonyl (C=O) groups is 1. The third-order valence-corrected chi connectivity index (χ3v) is 3.53. The van der Waals surface area contributed by atoms with E-state index in [1.165, 1.54) is 32.6 Å². The van der Waals surface area contributed by atoms with Crippen molar-refractivity contribution in [3.63, 3.8) is 0 Å². The Morgan fingerprint density at radius 3 is 2.70 bits per heavy atom. The molecule has 1 aliphatic carbocycles. The van der Waals surface area contributed by atoms with Crippen molar-refractivity contribution in [2.24, 2.45) is 5.92 Å². The first kappa shape index (κ1) is 15.0. The summed E-state index contributed by atoms with van der Waals surface area (Å²) in [5.41, 5.74) is 0.829. The Bertz CT molecular complexity index is 426. The van der Waals surface area contributed by atoms with Crippen LogP contribution in [0.1, 0.15) is 44.3 Å². The monoisotopic (exact) mass is 277 g/mol. The summed E-state index contributed by atoms with van der Waals surface area (Å²) >= 11 is 0. The first-order valence-corrected chi connectivity index (χ1v) is 7.32. The Hall–Kier alpha value is -1.39. The maximum Gasteiger partial charge on any atom is 0.308 e. The molecule has 1 unspecified atom stereocenters. The summed E-state index contributed by atoms with van der Waals surface area (Å²) in [6, 6.07) is 6.98. The molecule has 0 bridgehead atoms. The summed E-state index contributed by atoms with van der Waals surface area (Å²) in [5.74, 6) is 1.14. The fourth-order valence-electron chi connectivity index (χ4n) is 2.20. The number of aliphatic hydroxyl groups is 1. The minimum absolute atomic E-state index is 0.337. The van der Waals surface area contributed by atoms with Crippen LogP contribution in [0.4, 0.5) is 0 Å². The number of nitrogens with one attached hydrogen (secondary N) is 1. The molecule has 0 heterocycles. The second kappa shape index (κ2) is 7.41. The van der Waals surface area contributed by atoms with Crippen LogP contribution in [0.5, 0.6) is 5.75 Å². The van der Waals surface area contributed by atoms with Crippen molar-refractivity contribution in [2.45, 2.75) is 38.7 Å². The van der Waals surface area contributed by atoms with Gasteiger partial charge in [0.15, 0.2) is 0 Å². The van der Waals surface area contributed by atoms with Crippen LogP contribution >= 0.6 is 0 Å². The lowest BCUT2D eigenvalue weighted by Gasteiger charge is -2.12. The molecule has 110 valence electrons. The highest BCUT2D eigenvalue weighted by Gasteiger charge is 2.19. The number of carbonyl (C=O) groups excluding carboxylic acids is 1. The number of aliphatic hydroxyl groups excluding tert-OH is 1. The van der Waals surface area contributed by atoms with Gasteiger partial charge >= 0.3 is 5.97 Å². The fourth-order valence-corrected chi connectivity index (χ4v) is 2.20. The van der Waals surface area contributed by atoms with Crippen molar-refractivity contribution >= 4 is 5.97 Å². The molecule has 1 aromatic rings. The van der Waals surface area contributed by atoms with Gasteiger partial charge in [0.05, 0.1) is 6.10 Å². The van der Waals surface area contributed by atoms with Gasteiger partial charge in [-0.15, -0.1) is 0 Å². The third kappa shape index (κ3) is 5.31. The van der Waals surface area contributed by atoms with Crippen LogP contribution < -0.4 is 10.1 Å². The molecule has 0 aliphatic heterocycles. The second-order valence-corrected chi connectivity index (χ2v) is 5.47. The van der Waals surface area contributed by atoms with E-state index in [-0.39, 0.29) is 5.97 Å². The van der Waals surface area contributed by atoms with Crippen molar-refractivity contribution in [1.82, 2.24) is 5.32 Å². The molecule has 1 fully saturated rings. The first-order chi connectivity index (χ1) is 9.65. The molecule has 1 aromatic carbocycles. The van der Waals surface area contributed by atoms with Crippen LogP contribution in [0.3, 0.4) is 0 Å². The van der Waals surface area contributed by atoms with E-state index < -0.39 is 6.10 Å². The second-order valence-electron chi connectivity index (χ2n) is 5.47. The first-order valence-electron chi connectivity index (χ1n) is 7.32. The SMILES string of the molecule is CC(=O)Oc1ccc(C(O)CNCCCC2CC2)cc1. The molecule has 0 aromatic heterocycles. The molecule has 1 saturated carbocycles. The topological polar surface area (TPSA) is 58.6 Å². The molecule has 0 amide bonds. The van der Waals surface area contributed by atoms with Crippen LogP contribution in [0.25, 0.3) is 0 Å². The molecule has 2 N–H and O–H groups in total.